The number of rotatable bonds is 6. The highest BCUT2D eigenvalue weighted by Gasteiger charge is 2.26. The standard InChI is InChI=1S/C19H21N3O3/c1-12(2)17(22-18(23)16-5-4-10-25-16)19(24)21-13(3)15-8-6-14(11-20)7-9-15/h4-10,12-13,17H,1-3H3,(H,21,24)(H,22,23). The van der Waals surface area contributed by atoms with E-state index in [1.165, 1.54) is 6.26 Å². The molecule has 2 aromatic rings. The molecule has 6 heteroatoms. The smallest absolute Gasteiger partial charge is 0.287 e. The highest BCUT2D eigenvalue weighted by atomic mass is 16.3. The van der Waals surface area contributed by atoms with Crippen LogP contribution in [0.2, 0.25) is 0 Å². The number of hydrogen-bond donors (Lipinski definition) is 2. The third-order valence-corrected chi connectivity index (χ3v) is 3.88. The molecular formula is C19H21N3O3. The molecule has 0 saturated carbocycles. The van der Waals surface area contributed by atoms with E-state index < -0.39 is 11.9 Å². The van der Waals surface area contributed by atoms with E-state index in [0.717, 1.165) is 5.56 Å². The maximum absolute atomic E-state index is 12.6. The fraction of sp³-hybridized carbons (Fsp3) is 0.316. The van der Waals surface area contributed by atoms with Gasteiger partial charge in [0.2, 0.25) is 5.91 Å². The number of nitriles is 1. The predicted octanol–water partition coefficient (Wildman–Crippen LogP) is 2.78. The van der Waals surface area contributed by atoms with Gasteiger partial charge in [0.25, 0.3) is 5.91 Å². The zero-order valence-corrected chi connectivity index (χ0v) is 14.4. The first-order valence-electron chi connectivity index (χ1n) is 8.07. The Morgan fingerprint density at radius 2 is 1.76 bits per heavy atom. The lowest BCUT2D eigenvalue weighted by Crippen LogP contribution is -2.50. The van der Waals surface area contributed by atoms with Crippen LogP contribution in [0, 0.1) is 17.2 Å². The minimum Gasteiger partial charge on any atom is -0.459 e. The number of carbonyl (C=O) groups excluding carboxylic acids is 2. The average molecular weight is 339 g/mol. The molecule has 1 aromatic heterocycles. The van der Waals surface area contributed by atoms with Gasteiger partial charge in [0, 0.05) is 0 Å². The van der Waals surface area contributed by atoms with Crippen molar-refractivity contribution in [1.29, 1.82) is 5.26 Å². The van der Waals surface area contributed by atoms with Crippen molar-refractivity contribution < 1.29 is 14.0 Å². The molecule has 2 rings (SSSR count). The fourth-order valence-corrected chi connectivity index (χ4v) is 2.39. The number of hydrogen-bond acceptors (Lipinski definition) is 4. The topological polar surface area (TPSA) is 95.1 Å². The number of furan rings is 1. The summed E-state index contributed by atoms with van der Waals surface area (Å²) in [6, 6.07) is 11.3. The lowest BCUT2D eigenvalue weighted by Gasteiger charge is -2.24. The molecular weight excluding hydrogens is 318 g/mol. The summed E-state index contributed by atoms with van der Waals surface area (Å²) in [5.74, 6) is -0.623. The van der Waals surface area contributed by atoms with Gasteiger partial charge in [-0.15, -0.1) is 0 Å². The molecule has 130 valence electrons. The normalized spacial score (nSPS) is 12.9. The molecule has 2 N–H and O–H groups in total. The summed E-state index contributed by atoms with van der Waals surface area (Å²) in [7, 11) is 0. The van der Waals surface area contributed by atoms with Gasteiger partial charge in [0.15, 0.2) is 5.76 Å². The summed E-state index contributed by atoms with van der Waals surface area (Å²) >= 11 is 0. The van der Waals surface area contributed by atoms with Crippen molar-refractivity contribution in [2.75, 3.05) is 0 Å². The maximum Gasteiger partial charge on any atom is 0.287 e. The second kappa shape index (κ2) is 8.15. The number of nitrogens with one attached hydrogen (secondary N) is 2. The zero-order valence-electron chi connectivity index (χ0n) is 14.4. The quantitative estimate of drug-likeness (QED) is 0.846. The molecule has 2 amide bonds. The van der Waals surface area contributed by atoms with Crippen molar-refractivity contribution in [3.05, 3.63) is 59.5 Å². The molecule has 2 unspecified atom stereocenters. The van der Waals surface area contributed by atoms with Crippen molar-refractivity contribution in [2.24, 2.45) is 5.92 Å². The van der Waals surface area contributed by atoms with Gasteiger partial charge in [-0.1, -0.05) is 26.0 Å². The van der Waals surface area contributed by atoms with Crippen LogP contribution in [-0.2, 0) is 4.79 Å². The van der Waals surface area contributed by atoms with E-state index >= 15 is 0 Å². The van der Waals surface area contributed by atoms with E-state index in [2.05, 4.69) is 16.7 Å². The minimum atomic E-state index is -0.682. The van der Waals surface area contributed by atoms with Crippen molar-refractivity contribution in [1.82, 2.24) is 10.6 Å². The highest BCUT2D eigenvalue weighted by Crippen LogP contribution is 2.14. The van der Waals surface area contributed by atoms with E-state index in [4.69, 9.17) is 9.68 Å². The first-order valence-corrected chi connectivity index (χ1v) is 8.07. The van der Waals surface area contributed by atoms with Gasteiger partial charge >= 0.3 is 0 Å². The highest BCUT2D eigenvalue weighted by molar-refractivity contribution is 5.95. The van der Waals surface area contributed by atoms with E-state index in [1.54, 1.807) is 36.4 Å². The van der Waals surface area contributed by atoms with Crippen LogP contribution < -0.4 is 10.6 Å². The summed E-state index contributed by atoms with van der Waals surface area (Å²) in [5.41, 5.74) is 1.44. The van der Waals surface area contributed by atoms with Crippen LogP contribution >= 0.6 is 0 Å². The third-order valence-electron chi connectivity index (χ3n) is 3.88. The zero-order chi connectivity index (χ0) is 18.4. The molecule has 0 aliphatic carbocycles. The maximum atomic E-state index is 12.6. The molecule has 0 saturated heterocycles. The van der Waals surface area contributed by atoms with E-state index in [9.17, 15) is 9.59 Å². The van der Waals surface area contributed by atoms with Gasteiger partial charge < -0.3 is 15.1 Å². The monoisotopic (exact) mass is 339 g/mol. The summed E-state index contributed by atoms with van der Waals surface area (Å²) in [6.45, 7) is 5.57. The molecule has 0 aliphatic heterocycles. The van der Waals surface area contributed by atoms with E-state index in [1.807, 2.05) is 20.8 Å². The first-order chi connectivity index (χ1) is 11.9. The number of carbonyl (C=O) groups is 2. The third kappa shape index (κ3) is 4.70. The molecule has 0 radical (unpaired) electrons. The fourth-order valence-electron chi connectivity index (χ4n) is 2.39. The second-order valence-electron chi connectivity index (χ2n) is 6.14. The average Bonchev–Trinajstić information content (AvgIpc) is 3.13. The van der Waals surface area contributed by atoms with Gasteiger partial charge in [-0.2, -0.15) is 5.26 Å². The van der Waals surface area contributed by atoms with Crippen LogP contribution in [0.4, 0.5) is 0 Å². The van der Waals surface area contributed by atoms with E-state index in [-0.39, 0.29) is 23.6 Å². The van der Waals surface area contributed by atoms with Crippen LogP contribution in [0.5, 0.6) is 0 Å². The molecule has 6 nitrogen and oxygen atoms in total. The van der Waals surface area contributed by atoms with Gasteiger partial charge in [0.05, 0.1) is 23.9 Å². The van der Waals surface area contributed by atoms with Gasteiger partial charge in [-0.05, 0) is 42.7 Å². The van der Waals surface area contributed by atoms with Crippen molar-refractivity contribution in [3.63, 3.8) is 0 Å². The number of amides is 2. The molecule has 0 bridgehead atoms. The van der Waals surface area contributed by atoms with E-state index in [0.29, 0.717) is 5.56 Å². The SMILES string of the molecule is CC(NC(=O)C(NC(=O)c1ccco1)C(C)C)c1ccc(C#N)cc1. The van der Waals surface area contributed by atoms with Crippen LogP contribution in [0.15, 0.2) is 47.1 Å². The number of nitrogens with zero attached hydrogens (tertiary/aromatic N) is 1. The van der Waals surface area contributed by atoms with Crippen molar-refractivity contribution in [2.45, 2.75) is 32.9 Å². The Morgan fingerprint density at radius 3 is 2.28 bits per heavy atom. The lowest BCUT2D eigenvalue weighted by molar-refractivity contribution is -0.124. The summed E-state index contributed by atoms with van der Waals surface area (Å²) < 4.78 is 5.06. The molecule has 1 heterocycles. The Bertz CT molecular complexity index is 758. The number of benzene rings is 1. The van der Waals surface area contributed by atoms with Gasteiger partial charge in [0.1, 0.15) is 6.04 Å². The second-order valence-corrected chi connectivity index (χ2v) is 6.14. The van der Waals surface area contributed by atoms with Gasteiger partial charge in [-0.3, -0.25) is 9.59 Å². The molecule has 1 aromatic carbocycles. The Kier molecular flexibility index (Phi) is 5.96. The van der Waals surface area contributed by atoms with Crippen molar-refractivity contribution >= 4 is 11.8 Å². The Hall–Kier alpha value is -3.07. The molecule has 25 heavy (non-hydrogen) atoms. The minimum absolute atomic E-state index is 0.0907. The Balaban J connectivity index is 2.04. The Labute approximate surface area is 146 Å². The van der Waals surface area contributed by atoms with Crippen LogP contribution in [-0.4, -0.2) is 17.9 Å². The molecule has 0 spiro atoms. The first kappa shape index (κ1) is 18.3. The summed E-state index contributed by atoms with van der Waals surface area (Å²) in [4.78, 5) is 24.7. The largest absolute Gasteiger partial charge is 0.459 e. The molecule has 0 fully saturated rings. The van der Waals surface area contributed by atoms with Crippen LogP contribution in [0.3, 0.4) is 0 Å². The molecule has 0 aliphatic rings. The van der Waals surface area contributed by atoms with Crippen LogP contribution in [0.25, 0.3) is 0 Å². The van der Waals surface area contributed by atoms with Crippen LogP contribution in [0.1, 0.15) is 48.5 Å². The summed E-state index contributed by atoms with van der Waals surface area (Å²) in [5, 5.41) is 14.4. The lowest BCUT2D eigenvalue weighted by atomic mass is 10.0. The van der Waals surface area contributed by atoms with Crippen molar-refractivity contribution in [3.8, 4) is 6.07 Å². The van der Waals surface area contributed by atoms with Gasteiger partial charge in [-0.25, -0.2) is 0 Å². The summed E-state index contributed by atoms with van der Waals surface area (Å²) in [6.07, 6.45) is 1.41. The molecule has 2 atom stereocenters. The predicted molar refractivity (Wildman–Crippen MR) is 92.5 cm³/mol. The Morgan fingerprint density at radius 1 is 1.08 bits per heavy atom.